The van der Waals surface area contributed by atoms with Gasteiger partial charge in [-0.05, 0) is 38.5 Å². The summed E-state index contributed by atoms with van der Waals surface area (Å²) in [6.07, 6.45) is 0. The molecular weight excluding hydrogens is 334 g/mol. The number of benzene rings is 1. The number of hydrogen-bond acceptors (Lipinski definition) is 5. The van der Waals surface area contributed by atoms with Crippen LogP contribution in [0.15, 0.2) is 18.2 Å². The number of fused-ring (bicyclic) bond motifs is 1. The molecule has 1 aromatic carbocycles. The Labute approximate surface area is 155 Å². The third kappa shape index (κ3) is 4.59. The van der Waals surface area contributed by atoms with Crippen molar-refractivity contribution in [2.75, 3.05) is 46.1 Å². The Balaban J connectivity index is 1.51. The molecule has 1 unspecified atom stereocenters. The molecule has 2 aliphatic heterocycles. The number of rotatable bonds is 5. The van der Waals surface area contributed by atoms with Crippen LogP contribution in [-0.4, -0.2) is 62.5 Å². The van der Waals surface area contributed by atoms with E-state index >= 15 is 0 Å². The molecule has 7 heteroatoms. The number of hydrogen-bond donors (Lipinski definition) is 2. The summed E-state index contributed by atoms with van der Waals surface area (Å²) >= 11 is 0. The highest BCUT2D eigenvalue weighted by atomic mass is 16.6. The zero-order valence-corrected chi connectivity index (χ0v) is 15.8. The Morgan fingerprint density at radius 1 is 1.15 bits per heavy atom. The highest BCUT2D eigenvalue weighted by molar-refractivity contribution is 5.74. The van der Waals surface area contributed by atoms with Gasteiger partial charge in [0.1, 0.15) is 13.2 Å². The molecule has 0 spiro atoms. The van der Waals surface area contributed by atoms with E-state index in [0.717, 1.165) is 43.4 Å². The van der Waals surface area contributed by atoms with Crippen molar-refractivity contribution in [1.82, 2.24) is 15.5 Å². The van der Waals surface area contributed by atoms with Gasteiger partial charge in [-0.3, -0.25) is 4.90 Å². The van der Waals surface area contributed by atoms with E-state index in [1.54, 1.807) is 0 Å². The first-order valence-electron chi connectivity index (χ1n) is 9.22. The molecule has 0 radical (unpaired) electrons. The maximum Gasteiger partial charge on any atom is 0.315 e. The van der Waals surface area contributed by atoms with Crippen molar-refractivity contribution in [2.24, 2.45) is 0 Å². The van der Waals surface area contributed by atoms with Crippen LogP contribution in [0.25, 0.3) is 0 Å². The number of nitrogens with zero attached hydrogens (tertiary/aromatic N) is 1. The minimum Gasteiger partial charge on any atom is -0.486 e. The van der Waals surface area contributed by atoms with Crippen LogP contribution >= 0.6 is 0 Å². The van der Waals surface area contributed by atoms with Gasteiger partial charge >= 0.3 is 6.03 Å². The number of ether oxygens (including phenoxy) is 3. The third-order valence-electron chi connectivity index (χ3n) is 4.96. The third-order valence-corrected chi connectivity index (χ3v) is 4.96. The topological polar surface area (TPSA) is 72.1 Å². The van der Waals surface area contributed by atoms with E-state index in [4.69, 9.17) is 14.2 Å². The number of carbonyl (C=O) groups is 1. The lowest BCUT2D eigenvalue weighted by Gasteiger charge is -2.40. The smallest absolute Gasteiger partial charge is 0.315 e. The Kier molecular flexibility index (Phi) is 5.88. The van der Waals surface area contributed by atoms with Gasteiger partial charge in [-0.25, -0.2) is 4.79 Å². The van der Waals surface area contributed by atoms with Crippen molar-refractivity contribution < 1.29 is 19.0 Å². The predicted molar refractivity (Wildman–Crippen MR) is 98.9 cm³/mol. The fraction of sp³-hybridized carbons (Fsp3) is 0.632. The van der Waals surface area contributed by atoms with Gasteiger partial charge in [0.15, 0.2) is 11.5 Å². The molecule has 1 fully saturated rings. The van der Waals surface area contributed by atoms with Gasteiger partial charge in [0.25, 0.3) is 0 Å². The normalized spacial score (nSPS) is 18.9. The Morgan fingerprint density at radius 3 is 2.58 bits per heavy atom. The van der Waals surface area contributed by atoms with E-state index in [0.29, 0.717) is 19.8 Å². The molecule has 7 nitrogen and oxygen atoms in total. The molecule has 0 bridgehead atoms. The Morgan fingerprint density at radius 2 is 1.85 bits per heavy atom. The predicted octanol–water partition coefficient (Wildman–Crippen LogP) is 1.93. The molecule has 1 atom stereocenters. The zero-order chi connectivity index (χ0) is 18.6. The second-order valence-electron chi connectivity index (χ2n) is 7.36. The van der Waals surface area contributed by atoms with Crippen LogP contribution in [0.4, 0.5) is 4.79 Å². The number of carbonyl (C=O) groups excluding carboxylic acids is 1. The van der Waals surface area contributed by atoms with E-state index in [9.17, 15) is 4.79 Å². The van der Waals surface area contributed by atoms with Crippen LogP contribution in [0.2, 0.25) is 0 Å². The monoisotopic (exact) mass is 363 g/mol. The van der Waals surface area contributed by atoms with Gasteiger partial charge in [-0.1, -0.05) is 6.07 Å². The van der Waals surface area contributed by atoms with Crippen molar-refractivity contribution in [3.05, 3.63) is 23.8 Å². The summed E-state index contributed by atoms with van der Waals surface area (Å²) in [6, 6.07) is 5.47. The summed E-state index contributed by atoms with van der Waals surface area (Å²) in [4.78, 5) is 14.7. The quantitative estimate of drug-likeness (QED) is 0.836. The number of morpholine rings is 1. The second kappa shape index (κ2) is 8.14. The van der Waals surface area contributed by atoms with Crippen LogP contribution in [0.1, 0.15) is 32.4 Å². The average Bonchev–Trinajstić information content (AvgIpc) is 2.67. The molecule has 0 aliphatic carbocycles. The summed E-state index contributed by atoms with van der Waals surface area (Å²) in [6.45, 7) is 11.2. The fourth-order valence-electron chi connectivity index (χ4n) is 3.24. The summed E-state index contributed by atoms with van der Waals surface area (Å²) in [5.41, 5.74) is 0.873. The van der Waals surface area contributed by atoms with Crippen molar-refractivity contribution >= 4 is 6.03 Å². The van der Waals surface area contributed by atoms with Gasteiger partial charge in [-0.15, -0.1) is 0 Å². The Hall–Kier alpha value is -1.99. The van der Waals surface area contributed by atoms with Crippen molar-refractivity contribution in [3.8, 4) is 11.5 Å². The minimum absolute atomic E-state index is 0.110. The molecule has 0 aromatic heterocycles. The van der Waals surface area contributed by atoms with E-state index < -0.39 is 0 Å². The molecule has 1 saturated heterocycles. The molecule has 2 aliphatic rings. The molecule has 0 saturated carbocycles. The molecule has 3 rings (SSSR count). The van der Waals surface area contributed by atoms with Crippen molar-refractivity contribution in [2.45, 2.75) is 32.4 Å². The number of amides is 2. The van der Waals surface area contributed by atoms with E-state index in [2.05, 4.69) is 29.4 Å². The van der Waals surface area contributed by atoms with E-state index in [1.807, 2.05) is 25.1 Å². The number of nitrogens with one attached hydrogen (secondary N) is 2. The van der Waals surface area contributed by atoms with Crippen LogP contribution in [0, 0.1) is 0 Å². The summed E-state index contributed by atoms with van der Waals surface area (Å²) in [5, 5.41) is 5.98. The lowest BCUT2D eigenvalue weighted by molar-refractivity contribution is -0.00876. The first-order chi connectivity index (χ1) is 12.5. The lowest BCUT2D eigenvalue weighted by atomic mass is 10.0. The summed E-state index contributed by atoms with van der Waals surface area (Å²) in [7, 11) is 0. The summed E-state index contributed by atoms with van der Waals surface area (Å²) in [5.74, 6) is 1.49. The van der Waals surface area contributed by atoms with Crippen LogP contribution < -0.4 is 20.1 Å². The molecular formula is C19H29N3O4. The van der Waals surface area contributed by atoms with E-state index in [-0.39, 0.29) is 17.6 Å². The largest absolute Gasteiger partial charge is 0.486 e. The minimum atomic E-state index is -0.172. The standard InChI is InChI=1S/C19H29N3O4/c1-14(15-4-5-16-17(12-15)26-11-10-25-16)21-18(23)20-13-19(2,3)22-6-8-24-9-7-22/h4-5,12,14H,6-11,13H2,1-3H3,(H2,20,21,23). The first kappa shape index (κ1) is 18.8. The van der Waals surface area contributed by atoms with E-state index in [1.165, 1.54) is 0 Å². The van der Waals surface area contributed by atoms with Crippen LogP contribution in [0.3, 0.4) is 0 Å². The second-order valence-corrected chi connectivity index (χ2v) is 7.36. The SMILES string of the molecule is CC(NC(=O)NCC(C)(C)N1CCOCC1)c1ccc2c(c1)OCCO2. The summed E-state index contributed by atoms with van der Waals surface area (Å²) < 4.78 is 16.5. The lowest BCUT2D eigenvalue weighted by Crippen LogP contribution is -2.56. The zero-order valence-electron chi connectivity index (χ0n) is 15.8. The fourth-order valence-corrected chi connectivity index (χ4v) is 3.24. The molecule has 2 N–H and O–H groups in total. The van der Waals surface area contributed by atoms with Crippen molar-refractivity contribution in [3.63, 3.8) is 0 Å². The van der Waals surface area contributed by atoms with Gasteiger partial charge in [-0.2, -0.15) is 0 Å². The highest BCUT2D eigenvalue weighted by Gasteiger charge is 2.28. The number of urea groups is 1. The van der Waals surface area contributed by atoms with Crippen LogP contribution in [0.5, 0.6) is 11.5 Å². The van der Waals surface area contributed by atoms with Crippen LogP contribution in [-0.2, 0) is 4.74 Å². The van der Waals surface area contributed by atoms with Crippen molar-refractivity contribution in [1.29, 1.82) is 0 Å². The molecule has 2 amide bonds. The molecule has 1 aromatic rings. The van der Waals surface area contributed by atoms with Gasteiger partial charge in [0.2, 0.25) is 0 Å². The average molecular weight is 363 g/mol. The maximum absolute atomic E-state index is 12.3. The molecule has 144 valence electrons. The first-order valence-corrected chi connectivity index (χ1v) is 9.22. The van der Waals surface area contributed by atoms with Gasteiger partial charge < -0.3 is 24.8 Å². The molecule has 26 heavy (non-hydrogen) atoms. The van der Waals surface area contributed by atoms with Gasteiger partial charge in [0.05, 0.1) is 19.3 Å². The van der Waals surface area contributed by atoms with Gasteiger partial charge in [0, 0.05) is 25.2 Å². The highest BCUT2D eigenvalue weighted by Crippen LogP contribution is 2.32. The Bertz CT molecular complexity index is 629. The molecule has 2 heterocycles. The maximum atomic E-state index is 12.3.